The van der Waals surface area contributed by atoms with Gasteiger partial charge in [0.05, 0.1) is 16.2 Å². The van der Waals surface area contributed by atoms with Crippen molar-refractivity contribution in [3.8, 4) is 11.3 Å². The molecule has 0 bridgehead atoms. The van der Waals surface area contributed by atoms with Gasteiger partial charge in [-0.05, 0) is 36.4 Å². The Morgan fingerprint density at radius 1 is 1.15 bits per heavy atom. The fourth-order valence-corrected chi connectivity index (χ4v) is 3.25. The summed E-state index contributed by atoms with van der Waals surface area (Å²) in [4.78, 5) is 27.0. The predicted octanol–water partition coefficient (Wildman–Crippen LogP) is 4.71. The average Bonchev–Trinajstić information content (AvgIpc) is 3.11. The van der Waals surface area contributed by atoms with Gasteiger partial charge in [-0.15, -0.1) is 11.3 Å². The van der Waals surface area contributed by atoms with Crippen molar-refractivity contribution in [3.05, 3.63) is 80.3 Å². The van der Waals surface area contributed by atoms with Crippen molar-refractivity contribution < 1.29 is 13.7 Å². The first kappa shape index (κ1) is 16.9. The van der Waals surface area contributed by atoms with Gasteiger partial charge in [0.15, 0.2) is 5.13 Å². The van der Waals surface area contributed by atoms with Crippen LogP contribution in [-0.2, 0) is 0 Å². The molecule has 134 valence electrons. The van der Waals surface area contributed by atoms with Crippen LogP contribution in [0.4, 0.5) is 20.9 Å². The number of aromatic nitrogens is 1. The van der Waals surface area contributed by atoms with Gasteiger partial charge in [0.25, 0.3) is 5.69 Å². The number of halogens is 1. The summed E-state index contributed by atoms with van der Waals surface area (Å²) in [6.45, 7) is 0. The second kappa shape index (κ2) is 6.61. The zero-order valence-corrected chi connectivity index (χ0v) is 14.3. The van der Waals surface area contributed by atoms with Gasteiger partial charge in [-0.3, -0.25) is 10.1 Å². The van der Waals surface area contributed by atoms with E-state index in [0.29, 0.717) is 21.9 Å². The second-order valence-corrected chi connectivity index (χ2v) is 6.45. The number of fused-ring (bicyclic) bond motifs is 1. The number of benzene rings is 2. The Balaban J connectivity index is 1.70. The van der Waals surface area contributed by atoms with Crippen LogP contribution >= 0.6 is 11.3 Å². The van der Waals surface area contributed by atoms with E-state index in [4.69, 9.17) is 4.42 Å². The van der Waals surface area contributed by atoms with Crippen molar-refractivity contribution in [2.75, 3.05) is 5.32 Å². The highest BCUT2D eigenvalue weighted by molar-refractivity contribution is 7.14. The predicted molar refractivity (Wildman–Crippen MR) is 99.9 cm³/mol. The zero-order chi connectivity index (χ0) is 19.0. The van der Waals surface area contributed by atoms with Gasteiger partial charge >= 0.3 is 5.63 Å². The van der Waals surface area contributed by atoms with Crippen molar-refractivity contribution in [1.29, 1.82) is 0 Å². The summed E-state index contributed by atoms with van der Waals surface area (Å²) in [5, 5.41) is 16.6. The molecule has 2 heterocycles. The molecule has 0 aliphatic rings. The van der Waals surface area contributed by atoms with Crippen molar-refractivity contribution in [3.63, 3.8) is 0 Å². The van der Waals surface area contributed by atoms with E-state index < -0.39 is 10.5 Å². The molecule has 2 aromatic heterocycles. The van der Waals surface area contributed by atoms with Crippen LogP contribution in [-0.4, -0.2) is 9.91 Å². The lowest BCUT2D eigenvalue weighted by Gasteiger charge is -2.02. The van der Waals surface area contributed by atoms with Gasteiger partial charge in [-0.2, -0.15) is 0 Å². The molecular weight excluding hydrogens is 373 g/mol. The van der Waals surface area contributed by atoms with E-state index in [1.165, 1.54) is 47.7 Å². The summed E-state index contributed by atoms with van der Waals surface area (Å²) >= 11 is 1.26. The highest BCUT2D eigenvalue weighted by atomic mass is 32.1. The Bertz CT molecular complexity index is 1220. The molecule has 0 amide bonds. The normalized spacial score (nSPS) is 10.9. The molecule has 0 spiro atoms. The Kier molecular flexibility index (Phi) is 4.13. The Morgan fingerprint density at radius 2 is 1.93 bits per heavy atom. The maximum atomic E-state index is 13.0. The molecule has 0 unspecified atom stereocenters. The molecule has 27 heavy (non-hydrogen) atoms. The number of hydrogen-bond donors (Lipinski definition) is 1. The van der Waals surface area contributed by atoms with Gasteiger partial charge < -0.3 is 9.73 Å². The van der Waals surface area contributed by atoms with Gasteiger partial charge in [-0.25, -0.2) is 14.2 Å². The molecule has 0 aliphatic heterocycles. The van der Waals surface area contributed by atoms with Crippen molar-refractivity contribution >= 4 is 38.8 Å². The molecule has 0 fully saturated rings. The summed E-state index contributed by atoms with van der Waals surface area (Å²) in [6, 6.07) is 11.3. The van der Waals surface area contributed by atoms with Crippen LogP contribution in [0.2, 0.25) is 0 Å². The number of hydrogen-bond acceptors (Lipinski definition) is 7. The number of thiazole rings is 1. The number of nitro groups is 1. The first-order valence-electron chi connectivity index (χ1n) is 7.70. The summed E-state index contributed by atoms with van der Waals surface area (Å²) in [5.74, 6) is -0.344. The Labute approximate surface area is 154 Å². The quantitative estimate of drug-likeness (QED) is 0.311. The minimum Gasteiger partial charge on any atom is -0.422 e. The van der Waals surface area contributed by atoms with Gasteiger partial charge in [0, 0.05) is 28.6 Å². The van der Waals surface area contributed by atoms with Crippen LogP contribution in [0.1, 0.15) is 0 Å². The second-order valence-electron chi connectivity index (χ2n) is 5.60. The van der Waals surface area contributed by atoms with Gasteiger partial charge in [-0.1, -0.05) is 0 Å². The highest BCUT2D eigenvalue weighted by Gasteiger charge is 2.14. The summed E-state index contributed by atoms with van der Waals surface area (Å²) in [6.07, 6.45) is 0. The van der Waals surface area contributed by atoms with Crippen LogP contribution in [0.3, 0.4) is 0 Å². The largest absolute Gasteiger partial charge is 0.422 e. The van der Waals surface area contributed by atoms with E-state index in [2.05, 4.69) is 10.3 Å². The average molecular weight is 383 g/mol. The van der Waals surface area contributed by atoms with Gasteiger partial charge in [0.2, 0.25) is 0 Å². The summed E-state index contributed by atoms with van der Waals surface area (Å²) < 4.78 is 18.2. The molecule has 0 aliphatic carbocycles. The summed E-state index contributed by atoms with van der Waals surface area (Å²) in [7, 11) is 0. The molecule has 0 atom stereocenters. The van der Waals surface area contributed by atoms with Crippen molar-refractivity contribution in [2.45, 2.75) is 0 Å². The standard InChI is InChI=1S/C18H10FN3O4S/c19-11-1-3-12(4-2-11)20-18-21-15(9-27-18)14-8-10-7-13(22(24)25)5-6-16(10)26-17(14)23/h1-9H,(H,20,21). The number of non-ortho nitro benzene ring substituents is 1. The van der Waals surface area contributed by atoms with Crippen LogP contribution < -0.4 is 10.9 Å². The van der Waals surface area contributed by atoms with Crippen LogP contribution in [0.25, 0.3) is 22.2 Å². The van der Waals surface area contributed by atoms with Crippen molar-refractivity contribution in [2.24, 2.45) is 0 Å². The molecule has 4 rings (SSSR count). The molecule has 2 aromatic carbocycles. The first-order valence-corrected chi connectivity index (χ1v) is 8.58. The number of nitrogens with one attached hydrogen (secondary N) is 1. The van der Waals surface area contributed by atoms with Crippen LogP contribution in [0.15, 0.2) is 63.1 Å². The fourth-order valence-electron chi connectivity index (χ4n) is 2.51. The topological polar surface area (TPSA) is 98.3 Å². The number of nitro benzene ring substituents is 1. The minimum atomic E-state index is -0.588. The zero-order valence-electron chi connectivity index (χ0n) is 13.5. The monoisotopic (exact) mass is 383 g/mol. The van der Waals surface area contributed by atoms with E-state index in [1.807, 2.05) is 0 Å². The maximum Gasteiger partial charge on any atom is 0.345 e. The molecule has 9 heteroatoms. The molecule has 0 radical (unpaired) electrons. The molecule has 0 saturated heterocycles. The third kappa shape index (κ3) is 3.40. The minimum absolute atomic E-state index is 0.0979. The molecule has 4 aromatic rings. The number of nitrogens with zero attached hydrogens (tertiary/aromatic N) is 2. The Hall–Kier alpha value is -3.59. The third-order valence-electron chi connectivity index (χ3n) is 3.80. The molecule has 0 saturated carbocycles. The summed E-state index contributed by atoms with van der Waals surface area (Å²) in [5.41, 5.74) is 0.806. The lowest BCUT2D eigenvalue weighted by atomic mass is 10.1. The maximum absolute atomic E-state index is 13.0. The first-order chi connectivity index (χ1) is 13.0. The molecule has 7 nitrogen and oxygen atoms in total. The van der Waals surface area contributed by atoms with Crippen LogP contribution in [0.5, 0.6) is 0 Å². The molecule has 1 N–H and O–H groups in total. The van der Waals surface area contributed by atoms with E-state index >= 15 is 0 Å². The van der Waals surface area contributed by atoms with Crippen molar-refractivity contribution in [1.82, 2.24) is 4.98 Å². The Morgan fingerprint density at radius 3 is 2.67 bits per heavy atom. The van der Waals surface area contributed by atoms with E-state index in [0.717, 1.165) is 0 Å². The number of anilines is 2. The van der Waals surface area contributed by atoms with Crippen LogP contribution in [0, 0.1) is 15.9 Å². The van der Waals surface area contributed by atoms with E-state index in [-0.39, 0.29) is 22.7 Å². The molecular formula is C18H10FN3O4S. The fraction of sp³-hybridized carbons (Fsp3) is 0. The SMILES string of the molecule is O=c1oc2ccc([N+](=O)[O-])cc2cc1-c1csc(Nc2ccc(F)cc2)n1. The third-order valence-corrected chi connectivity index (χ3v) is 4.56. The lowest BCUT2D eigenvalue weighted by molar-refractivity contribution is -0.384. The van der Waals surface area contributed by atoms with E-state index in [9.17, 15) is 19.3 Å². The highest BCUT2D eigenvalue weighted by Crippen LogP contribution is 2.28. The van der Waals surface area contributed by atoms with E-state index in [1.54, 1.807) is 17.5 Å². The van der Waals surface area contributed by atoms with Gasteiger partial charge in [0.1, 0.15) is 11.4 Å². The smallest absolute Gasteiger partial charge is 0.345 e. The number of rotatable bonds is 4. The lowest BCUT2D eigenvalue weighted by Crippen LogP contribution is -2.03.